The summed E-state index contributed by atoms with van der Waals surface area (Å²) in [5.41, 5.74) is -2.70. The Morgan fingerprint density at radius 3 is 2.35 bits per heavy atom. The van der Waals surface area contributed by atoms with Gasteiger partial charge in [-0.2, -0.15) is 0 Å². The third-order valence-corrected chi connectivity index (χ3v) is 5.33. The molecule has 0 spiro atoms. The first-order valence-corrected chi connectivity index (χ1v) is 7.28. The van der Waals surface area contributed by atoms with E-state index in [2.05, 4.69) is 0 Å². The van der Waals surface area contributed by atoms with Gasteiger partial charge in [0.05, 0.1) is 5.41 Å². The van der Waals surface area contributed by atoms with E-state index in [9.17, 15) is 15.0 Å². The Hall–Kier alpha value is -0.650. The Morgan fingerprint density at radius 2 is 1.80 bits per heavy atom. The van der Waals surface area contributed by atoms with Crippen molar-refractivity contribution in [2.75, 3.05) is 0 Å². The van der Waals surface area contributed by atoms with Crippen molar-refractivity contribution < 1.29 is 24.5 Å². The van der Waals surface area contributed by atoms with Crippen LogP contribution in [0.4, 0.5) is 0 Å². The number of hydrogen-bond donors (Lipinski definition) is 2. The number of carbonyl (C=O) groups is 1. The van der Waals surface area contributed by atoms with Crippen LogP contribution in [0.1, 0.15) is 60.3 Å². The molecule has 0 aromatic carbocycles. The summed E-state index contributed by atoms with van der Waals surface area (Å²) < 4.78 is 10.8. The van der Waals surface area contributed by atoms with Crippen LogP contribution in [0.2, 0.25) is 0 Å². The standard InChI is InChI=1S/C15H26O5/c1-12(2)10(16)19-11(20-13(3,4)17)15(18)9-7-6-8-14(12,15)5/h11,17-18H,6-9H2,1-5H3/t11?,14-,15-/m0/s1. The molecule has 1 heterocycles. The molecule has 1 saturated carbocycles. The summed E-state index contributed by atoms with van der Waals surface area (Å²) in [6.07, 6.45) is 1.92. The first kappa shape index (κ1) is 15.7. The van der Waals surface area contributed by atoms with E-state index in [1.165, 1.54) is 13.8 Å². The molecule has 5 heteroatoms. The average Bonchev–Trinajstić information content (AvgIpc) is 2.28. The van der Waals surface area contributed by atoms with Crippen LogP contribution >= 0.6 is 0 Å². The highest BCUT2D eigenvalue weighted by Gasteiger charge is 2.68. The molecule has 0 aromatic heterocycles. The monoisotopic (exact) mass is 286 g/mol. The van der Waals surface area contributed by atoms with Crippen molar-refractivity contribution in [1.82, 2.24) is 0 Å². The smallest absolute Gasteiger partial charge is 0.314 e. The number of aliphatic hydroxyl groups is 2. The minimum absolute atomic E-state index is 0.388. The molecule has 2 fully saturated rings. The van der Waals surface area contributed by atoms with E-state index in [0.29, 0.717) is 6.42 Å². The van der Waals surface area contributed by atoms with Crippen LogP contribution in [0.5, 0.6) is 0 Å². The molecule has 2 rings (SSSR count). The zero-order chi connectivity index (χ0) is 15.4. The molecule has 1 aliphatic carbocycles. The Bertz CT molecular complexity index is 411. The molecule has 2 aliphatic rings. The summed E-state index contributed by atoms with van der Waals surface area (Å²) in [4.78, 5) is 12.3. The fourth-order valence-electron chi connectivity index (χ4n) is 3.55. The highest BCUT2D eigenvalue weighted by Crippen LogP contribution is 2.60. The minimum atomic E-state index is -1.47. The summed E-state index contributed by atoms with van der Waals surface area (Å²) in [5.74, 6) is -1.86. The lowest BCUT2D eigenvalue weighted by Gasteiger charge is -2.60. The topological polar surface area (TPSA) is 76.0 Å². The van der Waals surface area contributed by atoms with E-state index < -0.39 is 28.5 Å². The Balaban J connectivity index is 2.45. The SMILES string of the molecule is CC(C)(O)OC1OC(=O)C(C)(C)[C@]2(C)CCCC[C@]12O. The van der Waals surface area contributed by atoms with Crippen molar-refractivity contribution in [3.05, 3.63) is 0 Å². The molecule has 1 saturated heterocycles. The van der Waals surface area contributed by atoms with E-state index in [1.54, 1.807) is 0 Å². The lowest BCUT2D eigenvalue weighted by molar-refractivity contribution is -0.367. The molecule has 3 atom stereocenters. The van der Waals surface area contributed by atoms with Gasteiger partial charge in [-0.15, -0.1) is 0 Å². The predicted octanol–water partition coefficient (Wildman–Crippen LogP) is 1.95. The van der Waals surface area contributed by atoms with Gasteiger partial charge in [0, 0.05) is 5.41 Å². The summed E-state index contributed by atoms with van der Waals surface area (Å²) in [6.45, 7) is 8.47. The number of rotatable bonds is 2. The molecule has 1 unspecified atom stereocenters. The molecule has 0 radical (unpaired) electrons. The van der Waals surface area contributed by atoms with Crippen molar-refractivity contribution >= 4 is 5.97 Å². The van der Waals surface area contributed by atoms with Gasteiger partial charge >= 0.3 is 5.97 Å². The van der Waals surface area contributed by atoms with E-state index in [0.717, 1.165) is 19.3 Å². The van der Waals surface area contributed by atoms with Gasteiger partial charge in [0.25, 0.3) is 0 Å². The fraction of sp³-hybridized carbons (Fsp3) is 0.933. The van der Waals surface area contributed by atoms with E-state index in [1.807, 2.05) is 20.8 Å². The number of carbonyl (C=O) groups excluding carboxylic acids is 1. The number of ether oxygens (including phenoxy) is 2. The van der Waals surface area contributed by atoms with Gasteiger partial charge in [-0.05, 0) is 40.5 Å². The quantitative estimate of drug-likeness (QED) is 0.599. The first-order valence-electron chi connectivity index (χ1n) is 7.28. The number of hydrogen-bond acceptors (Lipinski definition) is 5. The van der Waals surface area contributed by atoms with Gasteiger partial charge in [0.15, 0.2) is 5.79 Å². The maximum absolute atomic E-state index is 12.3. The first-order chi connectivity index (χ1) is 8.94. The maximum atomic E-state index is 12.3. The molecule has 5 nitrogen and oxygen atoms in total. The Labute approximate surface area is 120 Å². The molecular formula is C15H26O5. The second-order valence-electron chi connectivity index (χ2n) is 7.39. The molecule has 1 aliphatic heterocycles. The zero-order valence-electron chi connectivity index (χ0n) is 13.0. The van der Waals surface area contributed by atoms with Crippen LogP contribution in [0.25, 0.3) is 0 Å². The van der Waals surface area contributed by atoms with Crippen LogP contribution in [0, 0.1) is 10.8 Å². The van der Waals surface area contributed by atoms with E-state index in [-0.39, 0.29) is 5.97 Å². The van der Waals surface area contributed by atoms with Gasteiger partial charge in [0.2, 0.25) is 6.29 Å². The molecule has 116 valence electrons. The van der Waals surface area contributed by atoms with Gasteiger partial charge < -0.3 is 19.7 Å². The maximum Gasteiger partial charge on any atom is 0.314 e. The Kier molecular flexibility index (Phi) is 3.48. The molecule has 20 heavy (non-hydrogen) atoms. The third kappa shape index (κ3) is 2.07. The molecular weight excluding hydrogens is 260 g/mol. The van der Waals surface area contributed by atoms with Gasteiger partial charge in [-0.25, -0.2) is 0 Å². The second-order valence-corrected chi connectivity index (χ2v) is 7.39. The zero-order valence-corrected chi connectivity index (χ0v) is 13.0. The van der Waals surface area contributed by atoms with Crippen LogP contribution in [0.3, 0.4) is 0 Å². The molecule has 0 bridgehead atoms. The van der Waals surface area contributed by atoms with Crippen LogP contribution in [-0.4, -0.2) is 33.9 Å². The van der Waals surface area contributed by atoms with Crippen LogP contribution < -0.4 is 0 Å². The van der Waals surface area contributed by atoms with Gasteiger partial charge in [0.1, 0.15) is 5.60 Å². The largest absolute Gasteiger partial charge is 0.432 e. The van der Waals surface area contributed by atoms with E-state index in [4.69, 9.17) is 9.47 Å². The summed E-state index contributed by atoms with van der Waals surface area (Å²) >= 11 is 0. The van der Waals surface area contributed by atoms with E-state index >= 15 is 0 Å². The normalized spacial score (nSPS) is 41.0. The highest BCUT2D eigenvalue weighted by molar-refractivity contribution is 5.78. The molecule has 0 aromatic rings. The summed E-state index contributed by atoms with van der Waals surface area (Å²) in [6, 6.07) is 0. The van der Waals surface area contributed by atoms with Crippen molar-refractivity contribution in [2.45, 2.75) is 78.0 Å². The lowest BCUT2D eigenvalue weighted by Crippen LogP contribution is -2.70. The minimum Gasteiger partial charge on any atom is -0.432 e. The average molecular weight is 286 g/mol. The summed E-state index contributed by atoms with van der Waals surface area (Å²) in [5, 5.41) is 21.1. The van der Waals surface area contributed by atoms with Crippen molar-refractivity contribution in [3.63, 3.8) is 0 Å². The molecule has 0 amide bonds. The number of esters is 1. The van der Waals surface area contributed by atoms with Crippen molar-refractivity contribution in [3.8, 4) is 0 Å². The number of cyclic esters (lactones) is 1. The summed E-state index contributed by atoms with van der Waals surface area (Å²) in [7, 11) is 0. The third-order valence-electron chi connectivity index (χ3n) is 5.33. The predicted molar refractivity (Wildman–Crippen MR) is 72.6 cm³/mol. The van der Waals surface area contributed by atoms with Crippen LogP contribution in [-0.2, 0) is 14.3 Å². The van der Waals surface area contributed by atoms with Crippen molar-refractivity contribution in [1.29, 1.82) is 0 Å². The fourth-order valence-corrected chi connectivity index (χ4v) is 3.55. The van der Waals surface area contributed by atoms with Gasteiger partial charge in [-0.1, -0.05) is 19.8 Å². The van der Waals surface area contributed by atoms with Gasteiger partial charge in [-0.3, -0.25) is 4.79 Å². The second kappa shape index (κ2) is 4.42. The Morgan fingerprint density at radius 1 is 1.25 bits per heavy atom. The highest BCUT2D eigenvalue weighted by atomic mass is 16.8. The van der Waals surface area contributed by atoms with Crippen molar-refractivity contribution in [2.24, 2.45) is 10.8 Å². The molecule has 2 N–H and O–H groups in total. The number of fused-ring (bicyclic) bond motifs is 1. The lowest BCUT2D eigenvalue weighted by atomic mass is 9.51. The van der Waals surface area contributed by atoms with Crippen LogP contribution in [0.15, 0.2) is 0 Å².